The van der Waals surface area contributed by atoms with Gasteiger partial charge in [0.15, 0.2) is 0 Å². The van der Waals surface area contributed by atoms with Gasteiger partial charge in [0, 0.05) is 51.9 Å². The van der Waals surface area contributed by atoms with Crippen LogP contribution in [0.25, 0.3) is 0 Å². The Kier molecular flexibility index (Phi) is 16.0. The summed E-state index contributed by atoms with van der Waals surface area (Å²) in [6, 6.07) is 8.25. The number of aryl methyl sites for hydroxylation is 1. The molecule has 1 aliphatic carbocycles. The molecular formula is C30H43F2N5O3. The summed E-state index contributed by atoms with van der Waals surface area (Å²) in [6.07, 6.45) is 5.54. The molecule has 0 radical (unpaired) electrons. The van der Waals surface area contributed by atoms with Crippen molar-refractivity contribution in [3.05, 3.63) is 93.0 Å². The van der Waals surface area contributed by atoms with Crippen LogP contribution in [0.5, 0.6) is 0 Å². The first-order valence-corrected chi connectivity index (χ1v) is 13.6. The number of aliphatic hydroxyl groups is 1. The van der Waals surface area contributed by atoms with Crippen molar-refractivity contribution in [1.29, 1.82) is 0 Å². The maximum absolute atomic E-state index is 12.4. The van der Waals surface area contributed by atoms with Crippen LogP contribution in [0.3, 0.4) is 0 Å². The van der Waals surface area contributed by atoms with Gasteiger partial charge in [-0.25, -0.2) is 13.8 Å². The molecule has 1 aromatic carbocycles. The number of hydrogen-bond acceptors (Lipinski definition) is 6. The number of halogens is 2. The Bertz CT molecular complexity index is 1220. The van der Waals surface area contributed by atoms with E-state index in [0.717, 1.165) is 23.6 Å². The van der Waals surface area contributed by atoms with Gasteiger partial charge in [0.1, 0.15) is 17.2 Å². The lowest BCUT2D eigenvalue weighted by atomic mass is 10.1. The average Bonchev–Trinajstić information content (AvgIpc) is 3.10. The van der Waals surface area contributed by atoms with Crippen LogP contribution in [-0.2, 0) is 13.0 Å². The smallest absolute Gasteiger partial charge is 0.265 e. The third-order valence-corrected chi connectivity index (χ3v) is 5.75. The van der Waals surface area contributed by atoms with E-state index in [9.17, 15) is 23.5 Å². The zero-order valence-corrected chi connectivity index (χ0v) is 24.4. The van der Waals surface area contributed by atoms with Crippen LogP contribution in [0, 0.1) is 0 Å². The third-order valence-electron chi connectivity index (χ3n) is 5.75. The maximum Gasteiger partial charge on any atom is 0.265 e. The maximum atomic E-state index is 12.4. The van der Waals surface area contributed by atoms with E-state index >= 15 is 0 Å². The summed E-state index contributed by atoms with van der Waals surface area (Å²) in [6.45, 7) is 11.4. The van der Waals surface area contributed by atoms with Crippen LogP contribution < -0.4 is 21.1 Å². The Hall–Kier alpha value is -3.63. The lowest BCUT2D eigenvalue weighted by molar-refractivity contribution is 0.0913. The number of rotatable bonds is 10. The predicted molar refractivity (Wildman–Crippen MR) is 158 cm³/mol. The van der Waals surface area contributed by atoms with Crippen LogP contribution in [0.2, 0.25) is 0 Å². The van der Waals surface area contributed by atoms with Gasteiger partial charge in [-0.15, -0.1) is 0 Å². The van der Waals surface area contributed by atoms with Crippen molar-refractivity contribution in [2.24, 2.45) is 0 Å². The standard InChI is InChI=1S/C20H29N5O3.C8H8F2.C2H6/c1-4-14-7-6-8-15(9-14)10-21-11-16(26)12-22-18(27)17-13-23-20(24-19(17)28)25(3)5-2;1-6-2-3-7(9)5-8(10)4-6;1-2/h6-9,13,16,21,26H,4-5,10-12H2,1-3H3,(H,22,27)(H,23,24,28);2,4-5H,3H2,1H3;1-2H3. The first-order valence-electron chi connectivity index (χ1n) is 13.6. The second kappa shape index (κ2) is 18.6. The normalized spacial score (nSPS) is 13.2. The number of nitrogens with zero attached hydrogens (tertiary/aromatic N) is 2. The molecule has 40 heavy (non-hydrogen) atoms. The quantitative estimate of drug-likeness (QED) is 0.335. The number of aromatic amines is 1. The Balaban J connectivity index is 0.000000555. The molecule has 4 N–H and O–H groups in total. The molecule has 0 fully saturated rings. The number of anilines is 1. The minimum absolute atomic E-state index is 0.0386. The monoisotopic (exact) mass is 559 g/mol. The molecule has 3 rings (SSSR count). The number of benzene rings is 1. The Morgan fingerprint density at radius 1 is 1.18 bits per heavy atom. The van der Waals surface area contributed by atoms with E-state index in [2.05, 4.69) is 39.7 Å². The van der Waals surface area contributed by atoms with Crippen LogP contribution in [-0.4, -0.2) is 53.8 Å². The van der Waals surface area contributed by atoms with E-state index in [0.29, 0.717) is 25.6 Å². The number of hydrogen-bond donors (Lipinski definition) is 4. The molecule has 1 amide bonds. The van der Waals surface area contributed by atoms with Crippen molar-refractivity contribution < 1.29 is 18.7 Å². The second-order valence-electron chi connectivity index (χ2n) is 8.90. The topological polar surface area (TPSA) is 110 Å². The third kappa shape index (κ3) is 12.5. The minimum atomic E-state index is -0.768. The van der Waals surface area contributed by atoms with Gasteiger partial charge >= 0.3 is 0 Å². The summed E-state index contributed by atoms with van der Waals surface area (Å²) in [5, 5.41) is 15.8. The highest BCUT2D eigenvalue weighted by atomic mass is 19.1. The van der Waals surface area contributed by atoms with Crippen LogP contribution in [0.4, 0.5) is 14.7 Å². The molecule has 1 heterocycles. The molecule has 1 aromatic heterocycles. The SMILES string of the molecule is CC.CC1=CCC(F)=CC(F)=C1.CCc1cccc(CNCC(O)CNC(=O)c2cnc(N(C)CC)[nH]c2=O)c1. The summed E-state index contributed by atoms with van der Waals surface area (Å²) >= 11 is 0. The van der Waals surface area contributed by atoms with E-state index in [1.165, 1.54) is 17.8 Å². The van der Waals surface area contributed by atoms with E-state index in [1.807, 2.05) is 32.9 Å². The van der Waals surface area contributed by atoms with Crippen molar-refractivity contribution >= 4 is 11.9 Å². The molecule has 1 aliphatic rings. The molecule has 0 aliphatic heterocycles. The number of H-pyrrole nitrogens is 1. The van der Waals surface area contributed by atoms with Crippen LogP contribution >= 0.6 is 0 Å². The predicted octanol–water partition coefficient (Wildman–Crippen LogP) is 4.74. The molecule has 0 saturated carbocycles. The summed E-state index contributed by atoms with van der Waals surface area (Å²) in [5.41, 5.74) is 2.59. The molecule has 1 atom stereocenters. The number of aromatic nitrogens is 2. The summed E-state index contributed by atoms with van der Waals surface area (Å²) in [4.78, 5) is 32.7. The second-order valence-corrected chi connectivity index (χ2v) is 8.90. The number of nitrogens with one attached hydrogen (secondary N) is 3. The first kappa shape index (κ1) is 34.4. The van der Waals surface area contributed by atoms with Crippen molar-refractivity contribution in [3.63, 3.8) is 0 Å². The molecule has 0 spiro atoms. The van der Waals surface area contributed by atoms with Gasteiger partial charge in [-0.1, -0.05) is 56.7 Å². The largest absolute Gasteiger partial charge is 0.390 e. The fourth-order valence-electron chi connectivity index (χ4n) is 3.40. The van der Waals surface area contributed by atoms with Crippen molar-refractivity contribution in [1.82, 2.24) is 20.6 Å². The van der Waals surface area contributed by atoms with E-state index in [-0.39, 0.29) is 18.5 Å². The van der Waals surface area contributed by atoms with Gasteiger partial charge in [0.25, 0.3) is 11.5 Å². The lowest BCUT2D eigenvalue weighted by Gasteiger charge is -2.15. The van der Waals surface area contributed by atoms with Gasteiger partial charge in [0.2, 0.25) is 5.95 Å². The highest BCUT2D eigenvalue weighted by molar-refractivity contribution is 5.93. The zero-order chi connectivity index (χ0) is 30.1. The van der Waals surface area contributed by atoms with Gasteiger partial charge < -0.3 is 20.6 Å². The average molecular weight is 560 g/mol. The van der Waals surface area contributed by atoms with E-state index in [1.54, 1.807) is 24.9 Å². The van der Waals surface area contributed by atoms with Gasteiger partial charge in [-0.3, -0.25) is 14.6 Å². The first-order chi connectivity index (χ1) is 19.1. The van der Waals surface area contributed by atoms with Crippen LogP contribution in [0.15, 0.2) is 70.7 Å². The molecular weight excluding hydrogens is 516 g/mol. The van der Waals surface area contributed by atoms with E-state index < -0.39 is 29.2 Å². The van der Waals surface area contributed by atoms with E-state index in [4.69, 9.17) is 0 Å². The molecule has 220 valence electrons. The summed E-state index contributed by atoms with van der Waals surface area (Å²) < 4.78 is 24.9. The number of amides is 1. The molecule has 0 bridgehead atoms. The van der Waals surface area contributed by atoms with Crippen molar-refractivity contribution in [2.75, 3.05) is 31.6 Å². The number of aliphatic hydroxyl groups excluding tert-OH is 1. The number of allylic oxidation sites excluding steroid dienone is 6. The molecule has 0 saturated heterocycles. The Labute approximate surface area is 235 Å². The summed E-state index contributed by atoms with van der Waals surface area (Å²) in [5.74, 6) is -1.09. The zero-order valence-electron chi connectivity index (χ0n) is 24.4. The van der Waals surface area contributed by atoms with Crippen molar-refractivity contribution in [3.8, 4) is 0 Å². The molecule has 2 aromatic rings. The highest BCUT2D eigenvalue weighted by Gasteiger charge is 2.14. The Morgan fingerprint density at radius 2 is 1.88 bits per heavy atom. The van der Waals surface area contributed by atoms with Gasteiger partial charge in [0.05, 0.1) is 6.10 Å². The van der Waals surface area contributed by atoms with Gasteiger partial charge in [-0.05, 0) is 37.5 Å². The fraction of sp³-hybridized carbons (Fsp3) is 0.433. The van der Waals surface area contributed by atoms with Crippen LogP contribution in [0.1, 0.15) is 62.5 Å². The highest BCUT2D eigenvalue weighted by Crippen LogP contribution is 2.17. The molecule has 1 unspecified atom stereocenters. The summed E-state index contributed by atoms with van der Waals surface area (Å²) in [7, 11) is 1.79. The molecule has 10 heteroatoms. The fourth-order valence-corrected chi connectivity index (χ4v) is 3.40. The number of carbonyl (C=O) groups is 1. The number of carbonyl (C=O) groups excluding carboxylic acids is 1. The van der Waals surface area contributed by atoms with Gasteiger partial charge in [-0.2, -0.15) is 0 Å². The minimum Gasteiger partial charge on any atom is -0.390 e. The molecule has 8 nitrogen and oxygen atoms in total. The van der Waals surface area contributed by atoms with Crippen molar-refractivity contribution in [2.45, 2.75) is 60.1 Å². The Morgan fingerprint density at radius 3 is 2.52 bits per heavy atom. The lowest BCUT2D eigenvalue weighted by Crippen LogP contribution is -2.39.